The van der Waals surface area contributed by atoms with Gasteiger partial charge in [-0.25, -0.2) is 4.79 Å². The van der Waals surface area contributed by atoms with Gasteiger partial charge >= 0.3 is 6.09 Å². The molecule has 2 heterocycles. The van der Waals surface area contributed by atoms with Crippen LogP contribution in [0.2, 0.25) is 0 Å². The molecule has 0 radical (unpaired) electrons. The SMILES string of the molecule is CC(C)N(Cc1ccccn1)C(=O)[C@H]1CCCN(C(=O)OC(C)(C)C)C1. The number of amides is 2. The van der Waals surface area contributed by atoms with Crippen LogP contribution in [0.25, 0.3) is 0 Å². The summed E-state index contributed by atoms with van der Waals surface area (Å²) in [5.41, 5.74) is 0.339. The van der Waals surface area contributed by atoms with Gasteiger partial charge in [-0.3, -0.25) is 9.78 Å². The number of nitrogens with zero attached hydrogens (tertiary/aromatic N) is 3. The molecule has 6 heteroatoms. The summed E-state index contributed by atoms with van der Waals surface area (Å²) < 4.78 is 5.46. The Balaban J connectivity index is 2.04. The Kier molecular flexibility index (Phi) is 6.62. The van der Waals surface area contributed by atoms with Crippen molar-refractivity contribution in [3.63, 3.8) is 0 Å². The van der Waals surface area contributed by atoms with E-state index in [0.29, 0.717) is 19.6 Å². The van der Waals surface area contributed by atoms with Gasteiger partial charge < -0.3 is 14.5 Å². The summed E-state index contributed by atoms with van der Waals surface area (Å²) >= 11 is 0. The highest BCUT2D eigenvalue weighted by molar-refractivity contribution is 5.80. The molecule has 0 unspecified atom stereocenters. The molecule has 2 rings (SSSR count). The number of carbonyl (C=O) groups excluding carboxylic acids is 2. The number of pyridine rings is 1. The van der Waals surface area contributed by atoms with E-state index in [9.17, 15) is 9.59 Å². The van der Waals surface area contributed by atoms with Crippen molar-refractivity contribution >= 4 is 12.0 Å². The van der Waals surface area contributed by atoms with E-state index < -0.39 is 5.60 Å². The van der Waals surface area contributed by atoms with Crippen molar-refractivity contribution < 1.29 is 14.3 Å². The molecule has 6 nitrogen and oxygen atoms in total. The summed E-state index contributed by atoms with van der Waals surface area (Å²) in [5, 5.41) is 0. The predicted molar refractivity (Wildman–Crippen MR) is 100 cm³/mol. The molecule has 0 aliphatic carbocycles. The lowest BCUT2D eigenvalue weighted by Crippen LogP contribution is -2.49. The van der Waals surface area contributed by atoms with Gasteiger partial charge in [0.15, 0.2) is 0 Å². The second-order valence-electron chi connectivity index (χ2n) is 8.15. The Labute approximate surface area is 156 Å². The van der Waals surface area contributed by atoms with Crippen LogP contribution in [0.4, 0.5) is 4.79 Å². The average molecular weight is 361 g/mol. The van der Waals surface area contributed by atoms with Crippen LogP contribution in [0.5, 0.6) is 0 Å². The van der Waals surface area contributed by atoms with Gasteiger partial charge in [-0.2, -0.15) is 0 Å². The number of ether oxygens (including phenoxy) is 1. The van der Waals surface area contributed by atoms with Gasteiger partial charge in [-0.05, 0) is 59.6 Å². The maximum Gasteiger partial charge on any atom is 0.410 e. The largest absolute Gasteiger partial charge is 0.444 e. The molecule has 144 valence electrons. The topological polar surface area (TPSA) is 62.7 Å². The maximum absolute atomic E-state index is 13.1. The molecule has 2 amide bonds. The number of likely N-dealkylation sites (tertiary alicyclic amines) is 1. The minimum absolute atomic E-state index is 0.0707. The zero-order valence-electron chi connectivity index (χ0n) is 16.6. The van der Waals surface area contributed by atoms with Crippen molar-refractivity contribution in [2.24, 2.45) is 5.92 Å². The number of hydrogen-bond donors (Lipinski definition) is 0. The fraction of sp³-hybridized carbons (Fsp3) is 0.650. The zero-order valence-corrected chi connectivity index (χ0v) is 16.6. The fourth-order valence-electron chi connectivity index (χ4n) is 3.09. The smallest absolute Gasteiger partial charge is 0.410 e. The van der Waals surface area contributed by atoms with Gasteiger partial charge in [0.1, 0.15) is 5.60 Å². The third-order valence-corrected chi connectivity index (χ3v) is 4.39. The van der Waals surface area contributed by atoms with Crippen LogP contribution < -0.4 is 0 Å². The van der Waals surface area contributed by atoms with Crippen LogP contribution >= 0.6 is 0 Å². The van der Waals surface area contributed by atoms with E-state index in [0.717, 1.165) is 18.5 Å². The molecule has 1 fully saturated rings. The molecule has 1 aliphatic heterocycles. The van der Waals surface area contributed by atoms with Crippen molar-refractivity contribution in [1.82, 2.24) is 14.8 Å². The lowest BCUT2D eigenvalue weighted by atomic mass is 9.96. The highest BCUT2D eigenvalue weighted by Crippen LogP contribution is 2.23. The van der Waals surface area contributed by atoms with E-state index in [4.69, 9.17) is 4.74 Å². The van der Waals surface area contributed by atoms with Crippen LogP contribution in [-0.2, 0) is 16.1 Å². The lowest BCUT2D eigenvalue weighted by Gasteiger charge is -2.37. The third-order valence-electron chi connectivity index (χ3n) is 4.39. The molecule has 1 aromatic rings. The summed E-state index contributed by atoms with van der Waals surface area (Å²) in [7, 11) is 0. The molecule has 1 atom stereocenters. The Bertz CT molecular complexity index is 610. The normalized spacial score (nSPS) is 17.9. The molecule has 26 heavy (non-hydrogen) atoms. The quantitative estimate of drug-likeness (QED) is 0.824. The summed E-state index contributed by atoms with van der Waals surface area (Å²) in [6.45, 7) is 11.1. The van der Waals surface area contributed by atoms with Crippen molar-refractivity contribution in [3.8, 4) is 0 Å². The monoisotopic (exact) mass is 361 g/mol. The number of hydrogen-bond acceptors (Lipinski definition) is 4. The standard InChI is InChI=1S/C20H31N3O3/c1-15(2)23(14-17-10-6-7-11-21-17)18(24)16-9-8-12-22(13-16)19(25)26-20(3,4)5/h6-7,10-11,15-16H,8-9,12-14H2,1-5H3/t16-/m0/s1. The molecule has 1 aliphatic rings. The fourth-order valence-corrected chi connectivity index (χ4v) is 3.09. The first-order valence-electron chi connectivity index (χ1n) is 9.35. The Morgan fingerprint density at radius 1 is 1.35 bits per heavy atom. The highest BCUT2D eigenvalue weighted by Gasteiger charge is 2.34. The van der Waals surface area contributed by atoms with Gasteiger partial charge in [0.25, 0.3) is 0 Å². The molecule has 1 aromatic heterocycles. The first-order chi connectivity index (χ1) is 12.2. The van der Waals surface area contributed by atoms with Gasteiger partial charge in [-0.1, -0.05) is 6.07 Å². The second kappa shape index (κ2) is 8.52. The first-order valence-corrected chi connectivity index (χ1v) is 9.35. The van der Waals surface area contributed by atoms with E-state index >= 15 is 0 Å². The summed E-state index contributed by atoms with van der Waals surface area (Å²) in [5.74, 6) is -0.110. The third kappa shape index (κ3) is 5.71. The molecule has 1 saturated heterocycles. The predicted octanol–water partition coefficient (Wildman–Crippen LogP) is 3.47. The van der Waals surface area contributed by atoms with Crippen molar-refractivity contribution in [1.29, 1.82) is 0 Å². The van der Waals surface area contributed by atoms with E-state index in [-0.39, 0.29) is 24.0 Å². The summed E-state index contributed by atoms with van der Waals surface area (Å²) in [6.07, 6.45) is 3.01. The van der Waals surface area contributed by atoms with Crippen LogP contribution in [-0.4, -0.2) is 51.5 Å². The van der Waals surface area contributed by atoms with E-state index in [2.05, 4.69) is 4.98 Å². The minimum Gasteiger partial charge on any atom is -0.444 e. The number of aromatic nitrogens is 1. The van der Waals surface area contributed by atoms with Crippen LogP contribution in [0.1, 0.15) is 53.2 Å². The van der Waals surface area contributed by atoms with Crippen molar-refractivity contribution in [2.45, 2.75) is 65.6 Å². The Hall–Kier alpha value is -2.11. The number of rotatable bonds is 4. The number of piperidine rings is 1. The van der Waals surface area contributed by atoms with Crippen LogP contribution in [0.3, 0.4) is 0 Å². The molecule has 0 aromatic carbocycles. The lowest BCUT2D eigenvalue weighted by molar-refractivity contribution is -0.139. The molecule has 0 N–H and O–H groups in total. The minimum atomic E-state index is -0.531. The second-order valence-corrected chi connectivity index (χ2v) is 8.15. The maximum atomic E-state index is 13.1. The Morgan fingerprint density at radius 2 is 2.08 bits per heavy atom. The van der Waals surface area contributed by atoms with Crippen molar-refractivity contribution in [2.75, 3.05) is 13.1 Å². The van der Waals surface area contributed by atoms with E-state index in [1.807, 2.05) is 57.7 Å². The van der Waals surface area contributed by atoms with Crippen LogP contribution in [0, 0.1) is 5.92 Å². The van der Waals surface area contributed by atoms with Gasteiger partial charge in [0, 0.05) is 25.3 Å². The summed E-state index contributed by atoms with van der Waals surface area (Å²) in [4.78, 5) is 33.3. The molecular formula is C20H31N3O3. The summed E-state index contributed by atoms with van der Waals surface area (Å²) in [6, 6.07) is 5.79. The van der Waals surface area contributed by atoms with E-state index in [1.165, 1.54) is 0 Å². The number of carbonyl (C=O) groups is 2. The average Bonchev–Trinajstić information content (AvgIpc) is 2.58. The van der Waals surface area contributed by atoms with Gasteiger partial charge in [-0.15, -0.1) is 0 Å². The van der Waals surface area contributed by atoms with Gasteiger partial charge in [0.05, 0.1) is 18.2 Å². The van der Waals surface area contributed by atoms with Crippen LogP contribution in [0.15, 0.2) is 24.4 Å². The molecule has 0 saturated carbocycles. The zero-order chi connectivity index (χ0) is 19.3. The molecular weight excluding hydrogens is 330 g/mol. The molecule has 0 spiro atoms. The van der Waals surface area contributed by atoms with Gasteiger partial charge in [0.2, 0.25) is 5.91 Å². The molecule has 0 bridgehead atoms. The highest BCUT2D eigenvalue weighted by atomic mass is 16.6. The first kappa shape index (κ1) is 20.2. The van der Waals surface area contributed by atoms with Crippen molar-refractivity contribution in [3.05, 3.63) is 30.1 Å². The van der Waals surface area contributed by atoms with E-state index in [1.54, 1.807) is 11.1 Å². The Morgan fingerprint density at radius 3 is 2.65 bits per heavy atom.